The molecule has 0 atom stereocenters. The van der Waals surface area contributed by atoms with Gasteiger partial charge in [-0.3, -0.25) is 14.5 Å². The number of rotatable bonds is 19. The fourth-order valence-electron chi connectivity index (χ4n) is 6.25. The molecule has 2 aromatic heterocycles. The van der Waals surface area contributed by atoms with Crippen molar-refractivity contribution in [2.24, 2.45) is 7.05 Å². The molecule has 0 aliphatic carbocycles. The van der Waals surface area contributed by atoms with E-state index in [-0.39, 0.29) is 65.7 Å². The summed E-state index contributed by atoms with van der Waals surface area (Å²) in [6, 6.07) is 5.85. The van der Waals surface area contributed by atoms with Gasteiger partial charge in [0.1, 0.15) is 24.4 Å². The van der Waals surface area contributed by atoms with E-state index in [9.17, 15) is 24.3 Å². The number of imidazole rings is 1. The first-order valence-electron chi connectivity index (χ1n) is 17.9. The maximum absolute atomic E-state index is 14.4. The Morgan fingerprint density at radius 3 is 2.44 bits per heavy atom. The van der Waals surface area contributed by atoms with E-state index < -0.39 is 23.2 Å². The highest BCUT2D eigenvalue weighted by Gasteiger charge is 2.29. The van der Waals surface area contributed by atoms with Crippen molar-refractivity contribution >= 4 is 23.3 Å². The first-order valence-corrected chi connectivity index (χ1v) is 17.9. The van der Waals surface area contributed by atoms with E-state index in [4.69, 9.17) is 28.4 Å². The number of amides is 1. The molecule has 2 aromatic carbocycles. The van der Waals surface area contributed by atoms with Crippen molar-refractivity contribution < 1.29 is 47.9 Å². The van der Waals surface area contributed by atoms with E-state index in [2.05, 4.69) is 20.2 Å². The van der Waals surface area contributed by atoms with E-state index in [0.29, 0.717) is 63.0 Å². The van der Waals surface area contributed by atoms with E-state index in [0.717, 1.165) is 34.6 Å². The van der Waals surface area contributed by atoms with Crippen LogP contribution >= 0.6 is 0 Å². The summed E-state index contributed by atoms with van der Waals surface area (Å²) in [4.78, 5) is 62.3. The van der Waals surface area contributed by atoms with Crippen LogP contribution in [-0.2, 0) is 38.9 Å². The molecule has 0 saturated carbocycles. The molecule has 1 saturated heterocycles. The van der Waals surface area contributed by atoms with Gasteiger partial charge in [0.05, 0.1) is 38.9 Å². The zero-order chi connectivity index (χ0) is 39.5. The number of ketones is 1. The second-order valence-corrected chi connectivity index (χ2v) is 12.6. The third-order valence-corrected chi connectivity index (χ3v) is 9.18. The minimum Gasteiger partial charge on any atom is -0.507 e. The number of fused-ring (bicyclic) bond motifs is 1. The molecule has 1 N–H and O–H groups in total. The van der Waals surface area contributed by atoms with Crippen molar-refractivity contribution in [1.29, 1.82) is 0 Å². The summed E-state index contributed by atoms with van der Waals surface area (Å²) in [5.41, 5.74) is -0.500. The molecular weight excluding hydrogens is 718 g/mol. The number of ether oxygens (including phenoxy) is 6. The van der Waals surface area contributed by atoms with Crippen LogP contribution in [-0.4, -0.2) is 144 Å². The van der Waals surface area contributed by atoms with Crippen LogP contribution in [0.5, 0.6) is 23.0 Å². The number of hydrogen-bond acceptors (Lipinski definition) is 15. The molecule has 1 amide bonds. The molecule has 0 bridgehead atoms. The molecule has 3 heterocycles. The average molecular weight is 766 g/mol. The van der Waals surface area contributed by atoms with Crippen molar-refractivity contribution in [3.05, 3.63) is 69.0 Å². The highest BCUT2D eigenvalue weighted by Crippen LogP contribution is 2.38. The van der Waals surface area contributed by atoms with E-state index >= 15 is 0 Å². The number of esters is 1. The van der Waals surface area contributed by atoms with Gasteiger partial charge in [0.25, 0.3) is 0 Å². The standard InChI is InChI=1S/C37H47N7O11/c1-6-25-26(21-31(46)43(14-16-51-4)10-7-15-50-3)32(27(45)22-29(25)55-36(48)33-35-39-40-41(2)37(49)44(35)23-38-33)34(47)24-8-9-28(30(20-24)52-5)54-19-13-42-11-17-53-18-12-42/h8-9,20,22-23,45H,6-7,10-19,21H2,1-5H3. The van der Waals surface area contributed by atoms with Gasteiger partial charge in [0, 0.05) is 72.2 Å². The summed E-state index contributed by atoms with van der Waals surface area (Å²) in [6.07, 6.45) is 1.54. The average Bonchev–Trinajstić information content (AvgIpc) is 3.63. The summed E-state index contributed by atoms with van der Waals surface area (Å²) >= 11 is 0. The Morgan fingerprint density at radius 2 is 1.73 bits per heavy atom. The number of aromatic hydroxyl groups is 1. The lowest BCUT2D eigenvalue weighted by molar-refractivity contribution is -0.131. The van der Waals surface area contributed by atoms with E-state index in [1.54, 1.807) is 31.1 Å². The maximum Gasteiger partial charge on any atom is 0.366 e. The maximum atomic E-state index is 14.4. The molecule has 5 rings (SSSR count). The molecule has 18 nitrogen and oxygen atoms in total. The normalized spacial score (nSPS) is 13.2. The summed E-state index contributed by atoms with van der Waals surface area (Å²) in [7, 11) is 5.96. The number of methoxy groups -OCH3 is 3. The number of aromatic nitrogens is 5. The number of aryl methyl sites for hydroxylation is 1. The number of morpholine rings is 1. The minimum absolute atomic E-state index is 0.105. The number of phenols is 1. The molecule has 4 aromatic rings. The molecule has 1 aliphatic rings. The molecule has 0 radical (unpaired) electrons. The number of hydrogen-bond donors (Lipinski definition) is 1. The van der Waals surface area contributed by atoms with Gasteiger partial charge in [-0.2, -0.15) is 4.68 Å². The summed E-state index contributed by atoms with van der Waals surface area (Å²) in [6.45, 7) is 7.09. The predicted molar refractivity (Wildman–Crippen MR) is 196 cm³/mol. The van der Waals surface area contributed by atoms with Crippen molar-refractivity contribution in [2.45, 2.75) is 26.2 Å². The lowest BCUT2D eigenvalue weighted by atomic mass is 9.89. The SMILES string of the molecule is CCc1c(OC(=O)c2ncn3c(=O)n(C)nnc23)cc(O)c(C(=O)c2ccc(OCCN3CCOCC3)c(OC)c2)c1CC(=O)N(CCCOC)CCOC. The molecule has 1 aliphatic heterocycles. The number of carbonyl (C=O) groups is 3. The fraction of sp³-hybridized carbons (Fsp3) is 0.486. The van der Waals surface area contributed by atoms with Gasteiger partial charge < -0.3 is 38.4 Å². The van der Waals surface area contributed by atoms with Gasteiger partial charge in [0.2, 0.25) is 5.91 Å². The monoisotopic (exact) mass is 765 g/mol. The van der Waals surface area contributed by atoms with E-state index in [1.165, 1.54) is 27.3 Å². The van der Waals surface area contributed by atoms with Gasteiger partial charge in [-0.05, 0) is 42.2 Å². The fourth-order valence-corrected chi connectivity index (χ4v) is 6.25. The number of benzene rings is 2. The Bertz CT molecular complexity index is 2040. The third kappa shape index (κ3) is 9.63. The van der Waals surface area contributed by atoms with Crippen molar-refractivity contribution in [3.8, 4) is 23.0 Å². The lowest BCUT2D eigenvalue weighted by Crippen LogP contribution is -2.38. The van der Waals surface area contributed by atoms with Gasteiger partial charge in [0.15, 0.2) is 28.6 Å². The van der Waals surface area contributed by atoms with Gasteiger partial charge in [-0.25, -0.2) is 19.0 Å². The van der Waals surface area contributed by atoms with Gasteiger partial charge in [-0.15, -0.1) is 5.10 Å². The van der Waals surface area contributed by atoms with Crippen LogP contribution in [0, 0.1) is 0 Å². The van der Waals surface area contributed by atoms with Crippen LogP contribution in [0.25, 0.3) is 5.65 Å². The molecular formula is C37H47N7O11. The quantitative estimate of drug-likeness (QED) is 0.0620. The topological polar surface area (TPSA) is 198 Å². The number of carbonyl (C=O) groups excluding carboxylic acids is 3. The van der Waals surface area contributed by atoms with Crippen LogP contribution in [0.3, 0.4) is 0 Å². The Balaban J connectivity index is 1.52. The Morgan fingerprint density at radius 1 is 0.964 bits per heavy atom. The highest BCUT2D eigenvalue weighted by atomic mass is 16.5. The summed E-state index contributed by atoms with van der Waals surface area (Å²) < 4.78 is 35.2. The van der Waals surface area contributed by atoms with Crippen molar-refractivity contribution in [1.82, 2.24) is 34.2 Å². The molecule has 0 unspecified atom stereocenters. The molecule has 0 spiro atoms. The minimum atomic E-state index is -0.995. The Kier molecular flexibility index (Phi) is 14.3. The van der Waals surface area contributed by atoms with E-state index in [1.807, 2.05) is 0 Å². The van der Waals surface area contributed by atoms with Crippen LogP contribution in [0.15, 0.2) is 35.4 Å². The van der Waals surface area contributed by atoms with Crippen LogP contribution < -0.4 is 19.9 Å². The predicted octanol–water partition coefficient (Wildman–Crippen LogP) is 1.31. The first-order chi connectivity index (χ1) is 26.6. The molecule has 1 fully saturated rings. The summed E-state index contributed by atoms with van der Waals surface area (Å²) in [5.74, 6) is -1.84. The highest BCUT2D eigenvalue weighted by molar-refractivity contribution is 6.13. The lowest BCUT2D eigenvalue weighted by Gasteiger charge is -2.26. The molecule has 18 heteroatoms. The van der Waals surface area contributed by atoms with Crippen molar-refractivity contribution in [3.63, 3.8) is 0 Å². The second kappa shape index (κ2) is 19.2. The Hall–Kier alpha value is -5.43. The van der Waals surface area contributed by atoms with Crippen LogP contribution in [0.2, 0.25) is 0 Å². The summed E-state index contributed by atoms with van der Waals surface area (Å²) in [5, 5.41) is 19.2. The largest absolute Gasteiger partial charge is 0.507 e. The van der Waals surface area contributed by atoms with Gasteiger partial charge in [-0.1, -0.05) is 12.1 Å². The van der Waals surface area contributed by atoms with Crippen molar-refractivity contribution in [2.75, 3.05) is 87.1 Å². The van der Waals surface area contributed by atoms with Crippen LogP contribution in [0.4, 0.5) is 0 Å². The Labute approximate surface area is 317 Å². The van der Waals surface area contributed by atoms with Gasteiger partial charge >= 0.3 is 11.7 Å². The zero-order valence-corrected chi connectivity index (χ0v) is 31.7. The smallest absolute Gasteiger partial charge is 0.366 e. The number of phenolic OH excluding ortho intramolecular Hbond substituents is 1. The second-order valence-electron chi connectivity index (χ2n) is 12.6. The first kappa shape index (κ1) is 40.7. The number of nitrogens with zero attached hydrogens (tertiary/aromatic N) is 7. The molecule has 296 valence electrons. The van der Waals surface area contributed by atoms with Crippen LogP contribution in [0.1, 0.15) is 50.9 Å². The third-order valence-electron chi connectivity index (χ3n) is 9.18. The molecule has 55 heavy (non-hydrogen) atoms. The zero-order valence-electron chi connectivity index (χ0n) is 31.7.